The van der Waals surface area contributed by atoms with Crippen LogP contribution in [0.2, 0.25) is 5.02 Å². The Balaban J connectivity index is 1.86. The van der Waals surface area contributed by atoms with Crippen LogP contribution in [-0.2, 0) is 9.53 Å². The second-order valence-electron chi connectivity index (χ2n) is 7.55. The number of hydrogen-bond donors (Lipinski definition) is 1. The number of esters is 1. The molecule has 0 radical (unpaired) electrons. The normalized spacial score (nSPS) is 10.9. The van der Waals surface area contributed by atoms with E-state index >= 15 is 0 Å². The van der Waals surface area contributed by atoms with Gasteiger partial charge in [-0.25, -0.2) is 4.79 Å². The van der Waals surface area contributed by atoms with Gasteiger partial charge < -0.3 is 19.5 Å². The Morgan fingerprint density at radius 3 is 2.49 bits per heavy atom. The molecule has 2 aromatic carbocycles. The van der Waals surface area contributed by atoms with Crippen LogP contribution in [0.5, 0.6) is 11.5 Å². The van der Waals surface area contributed by atoms with E-state index in [1.807, 2.05) is 38.1 Å². The van der Waals surface area contributed by atoms with Gasteiger partial charge in [-0.15, -0.1) is 11.3 Å². The van der Waals surface area contributed by atoms with Crippen LogP contribution in [0.25, 0.3) is 17.2 Å². The predicted molar refractivity (Wildman–Crippen MR) is 142 cm³/mol. The molecule has 1 N–H and O–H groups in total. The predicted octanol–water partition coefficient (Wildman–Crippen LogP) is 7.00. The number of carbonyl (C=O) groups excluding carboxylic acids is 2. The fourth-order valence-electron chi connectivity index (χ4n) is 3.44. The number of aryl methyl sites for hydroxylation is 1. The molecule has 3 rings (SSSR count). The molecule has 184 valence electrons. The van der Waals surface area contributed by atoms with Crippen molar-refractivity contribution in [2.75, 3.05) is 25.6 Å². The van der Waals surface area contributed by atoms with E-state index in [1.54, 1.807) is 38.3 Å². The molecule has 0 aliphatic rings. The van der Waals surface area contributed by atoms with Crippen LogP contribution >= 0.6 is 22.9 Å². The van der Waals surface area contributed by atoms with Gasteiger partial charge in [-0.2, -0.15) is 0 Å². The summed E-state index contributed by atoms with van der Waals surface area (Å²) in [5.74, 6) is 0.379. The monoisotopic (exact) mass is 513 g/mol. The number of thiophene rings is 1. The Morgan fingerprint density at radius 2 is 1.83 bits per heavy atom. The van der Waals surface area contributed by atoms with Crippen molar-refractivity contribution in [3.05, 3.63) is 69.6 Å². The fourth-order valence-corrected chi connectivity index (χ4v) is 4.63. The topological polar surface area (TPSA) is 73.9 Å². The number of halogens is 1. The number of anilines is 1. The van der Waals surface area contributed by atoms with Gasteiger partial charge in [-0.3, -0.25) is 4.79 Å². The highest BCUT2D eigenvalue weighted by Gasteiger charge is 2.25. The van der Waals surface area contributed by atoms with Crippen LogP contribution in [0.3, 0.4) is 0 Å². The molecule has 0 aliphatic heterocycles. The lowest BCUT2D eigenvalue weighted by molar-refractivity contribution is -0.111. The third-order valence-electron chi connectivity index (χ3n) is 5.01. The molecular weight excluding hydrogens is 486 g/mol. The molecule has 0 fully saturated rings. The van der Waals surface area contributed by atoms with Gasteiger partial charge in [-0.1, -0.05) is 36.7 Å². The number of amides is 1. The maximum atomic E-state index is 12.8. The van der Waals surface area contributed by atoms with Crippen molar-refractivity contribution in [3.8, 4) is 22.6 Å². The lowest BCUT2D eigenvalue weighted by Gasteiger charge is -2.10. The third kappa shape index (κ3) is 6.65. The second kappa shape index (κ2) is 12.4. The number of hydrogen-bond acceptors (Lipinski definition) is 6. The van der Waals surface area contributed by atoms with Gasteiger partial charge in [0, 0.05) is 21.5 Å². The summed E-state index contributed by atoms with van der Waals surface area (Å²) < 4.78 is 16.4. The van der Waals surface area contributed by atoms with Crippen LogP contribution in [0.1, 0.15) is 41.1 Å². The largest absolute Gasteiger partial charge is 0.493 e. The molecule has 0 atom stereocenters. The van der Waals surface area contributed by atoms with Gasteiger partial charge >= 0.3 is 5.97 Å². The highest BCUT2D eigenvalue weighted by atomic mass is 35.5. The van der Waals surface area contributed by atoms with E-state index in [9.17, 15) is 9.59 Å². The molecule has 3 aromatic rings. The summed E-state index contributed by atoms with van der Waals surface area (Å²) >= 11 is 7.36. The van der Waals surface area contributed by atoms with E-state index in [0.29, 0.717) is 33.7 Å². The Morgan fingerprint density at radius 1 is 1.09 bits per heavy atom. The van der Waals surface area contributed by atoms with Crippen LogP contribution in [0, 0.1) is 6.92 Å². The summed E-state index contributed by atoms with van der Waals surface area (Å²) in [7, 11) is 1.57. The third-order valence-corrected chi connectivity index (χ3v) is 6.28. The molecule has 0 aliphatic carbocycles. The second-order valence-corrected chi connectivity index (χ2v) is 9.21. The number of rotatable bonds is 10. The van der Waals surface area contributed by atoms with Gasteiger partial charge in [0.15, 0.2) is 11.5 Å². The highest BCUT2D eigenvalue weighted by molar-refractivity contribution is 7.17. The SMILES string of the molecule is CCCOc1ccc(C=CC(=O)Nc2sc(C)c(-c3ccc(Cl)cc3)c2C(=O)OCC)cc1OC. The number of ether oxygens (including phenoxy) is 3. The summed E-state index contributed by atoms with van der Waals surface area (Å²) in [6.07, 6.45) is 3.97. The van der Waals surface area contributed by atoms with Crippen LogP contribution in [0.15, 0.2) is 48.5 Å². The Kier molecular flexibility index (Phi) is 9.34. The van der Waals surface area contributed by atoms with E-state index in [0.717, 1.165) is 28.0 Å². The summed E-state index contributed by atoms with van der Waals surface area (Å²) in [5, 5.41) is 3.87. The van der Waals surface area contributed by atoms with Crippen molar-refractivity contribution in [2.24, 2.45) is 0 Å². The molecule has 1 aromatic heterocycles. The van der Waals surface area contributed by atoms with Gasteiger partial charge in [0.2, 0.25) is 5.91 Å². The number of nitrogens with one attached hydrogen (secondary N) is 1. The van der Waals surface area contributed by atoms with Crippen molar-refractivity contribution in [1.82, 2.24) is 0 Å². The molecule has 0 spiro atoms. The maximum Gasteiger partial charge on any atom is 0.341 e. The fraction of sp³-hybridized carbons (Fsp3) is 0.259. The van der Waals surface area contributed by atoms with Crippen LogP contribution < -0.4 is 14.8 Å². The molecule has 6 nitrogen and oxygen atoms in total. The van der Waals surface area contributed by atoms with Crippen LogP contribution in [-0.4, -0.2) is 32.2 Å². The number of carbonyl (C=O) groups is 2. The van der Waals surface area contributed by atoms with Gasteiger partial charge in [-0.05, 0) is 61.7 Å². The van der Waals surface area contributed by atoms with E-state index in [4.69, 9.17) is 25.8 Å². The summed E-state index contributed by atoms with van der Waals surface area (Å²) in [6, 6.07) is 12.7. The molecular formula is C27H28ClNO5S. The minimum atomic E-state index is -0.492. The smallest absolute Gasteiger partial charge is 0.341 e. The van der Waals surface area contributed by atoms with Gasteiger partial charge in [0.1, 0.15) is 10.6 Å². The Bertz CT molecular complexity index is 1220. The van der Waals surface area contributed by atoms with Gasteiger partial charge in [0.05, 0.1) is 20.3 Å². The molecule has 0 unspecified atom stereocenters. The molecule has 8 heteroatoms. The van der Waals surface area contributed by atoms with E-state index < -0.39 is 5.97 Å². The Hall–Kier alpha value is -3.29. The molecule has 1 amide bonds. The van der Waals surface area contributed by atoms with Crippen molar-refractivity contribution in [2.45, 2.75) is 27.2 Å². The minimum Gasteiger partial charge on any atom is -0.493 e. The van der Waals surface area contributed by atoms with E-state index in [-0.39, 0.29) is 12.5 Å². The van der Waals surface area contributed by atoms with Crippen molar-refractivity contribution < 1.29 is 23.8 Å². The standard InChI is InChI=1S/C27H28ClNO5S/c1-5-15-34-21-13-7-18(16-22(21)32-4)8-14-23(30)29-26-25(27(31)33-6-2)24(17(3)35-26)19-9-11-20(28)12-10-19/h7-14,16H,5-6,15H2,1-4H3,(H,29,30). The first kappa shape index (κ1) is 26.3. The number of methoxy groups -OCH3 is 1. The van der Waals surface area contributed by atoms with Crippen molar-refractivity contribution in [1.29, 1.82) is 0 Å². The lowest BCUT2D eigenvalue weighted by Crippen LogP contribution is -2.12. The lowest BCUT2D eigenvalue weighted by atomic mass is 10.0. The average molecular weight is 514 g/mol. The van der Waals surface area contributed by atoms with Crippen molar-refractivity contribution >= 4 is 45.9 Å². The first-order chi connectivity index (χ1) is 16.9. The zero-order chi connectivity index (χ0) is 25.4. The zero-order valence-electron chi connectivity index (χ0n) is 20.1. The van der Waals surface area contributed by atoms with Gasteiger partial charge in [0.25, 0.3) is 0 Å². The molecule has 0 saturated heterocycles. The quantitative estimate of drug-likeness (QED) is 0.233. The molecule has 1 heterocycles. The summed E-state index contributed by atoms with van der Waals surface area (Å²) in [5.41, 5.74) is 2.64. The maximum absolute atomic E-state index is 12.8. The Labute approximate surface area is 214 Å². The molecule has 35 heavy (non-hydrogen) atoms. The zero-order valence-corrected chi connectivity index (χ0v) is 21.7. The number of benzene rings is 2. The molecule has 0 bridgehead atoms. The first-order valence-corrected chi connectivity index (χ1v) is 12.4. The van der Waals surface area contributed by atoms with E-state index in [1.165, 1.54) is 17.4 Å². The minimum absolute atomic E-state index is 0.223. The highest BCUT2D eigenvalue weighted by Crippen LogP contribution is 2.40. The summed E-state index contributed by atoms with van der Waals surface area (Å²) in [4.78, 5) is 26.5. The van der Waals surface area contributed by atoms with E-state index in [2.05, 4.69) is 5.32 Å². The summed E-state index contributed by atoms with van der Waals surface area (Å²) in [6.45, 7) is 6.49. The average Bonchev–Trinajstić information content (AvgIpc) is 3.17. The first-order valence-electron chi connectivity index (χ1n) is 11.2. The van der Waals surface area contributed by atoms with Crippen molar-refractivity contribution in [3.63, 3.8) is 0 Å². The van der Waals surface area contributed by atoms with Crippen LogP contribution in [0.4, 0.5) is 5.00 Å². The molecule has 0 saturated carbocycles.